The fourth-order valence-corrected chi connectivity index (χ4v) is 2.59. The van der Waals surface area contributed by atoms with E-state index in [4.69, 9.17) is 11.6 Å². The SMILES string of the molecule is COC(=O)CN(Cc1ccccc1Cl)C(=O)c1cc(NC(C)=O)ccc1F. The van der Waals surface area contributed by atoms with Crippen LogP contribution in [0.1, 0.15) is 22.8 Å². The maximum atomic E-state index is 14.3. The molecule has 2 amide bonds. The molecule has 6 nitrogen and oxygen atoms in total. The van der Waals surface area contributed by atoms with Crippen LogP contribution in [0.5, 0.6) is 0 Å². The van der Waals surface area contributed by atoms with E-state index >= 15 is 0 Å². The fraction of sp³-hybridized carbons (Fsp3) is 0.211. The lowest BCUT2D eigenvalue weighted by Gasteiger charge is -2.22. The third-order valence-corrected chi connectivity index (χ3v) is 4.04. The van der Waals surface area contributed by atoms with Gasteiger partial charge in [-0.25, -0.2) is 4.39 Å². The molecular formula is C19H18ClFN2O4. The lowest BCUT2D eigenvalue weighted by Crippen LogP contribution is -2.36. The van der Waals surface area contributed by atoms with E-state index in [1.807, 2.05) is 0 Å². The van der Waals surface area contributed by atoms with Crippen molar-refractivity contribution in [1.29, 1.82) is 0 Å². The number of amides is 2. The highest BCUT2D eigenvalue weighted by Crippen LogP contribution is 2.21. The van der Waals surface area contributed by atoms with Crippen LogP contribution in [-0.2, 0) is 20.9 Å². The van der Waals surface area contributed by atoms with Crippen molar-refractivity contribution in [2.75, 3.05) is 19.0 Å². The largest absolute Gasteiger partial charge is 0.468 e. The number of rotatable bonds is 6. The maximum absolute atomic E-state index is 14.3. The van der Waals surface area contributed by atoms with E-state index in [9.17, 15) is 18.8 Å². The van der Waals surface area contributed by atoms with Crippen LogP contribution in [0.2, 0.25) is 5.02 Å². The zero-order valence-electron chi connectivity index (χ0n) is 14.8. The molecule has 2 aromatic carbocycles. The van der Waals surface area contributed by atoms with Crippen molar-refractivity contribution in [3.05, 3.63) is 64.4 Å². The second-order valence-electron chi connectivity index (χ2n) is 5.70. The molecule has 0 aliphatic rings. The molecule has 0 bridgehead atoms. The van der Waals surface area contributed by atoms with Crippen molar-refractivity contribution >= 4 is 35.1 Å². The molecule has 0 unspecified atom stereocenters. The summed E-state index contributed by atoms with van der Waals surface area (Å²) >= 11 is 6.13. The molecule has 2 rings (SSSR count). The second kappa shape index (κ2) is 9.14. The molecule has 0 heterocycles. The van der Waals surface area contributed by atoms with Gasteiger partial charge in [0.05, 0.1) is 12.7 Å². The number of nitrogens with zero attached hydrogens (tertiary/aromatic N) is 1. The summed E-state index contributed by atoms with van der Waals surface area (Å²) in [6.45, 7) is 0.896. The zero-order chi connectivity index (χ0) is 20.0. The van der Waals surface area contributed by atoms with Crippen molar-refractivity contribution in [2.45, 2.75) is 13.5 Å². The first-order chi connectivity index (χ1) is 12.8. The lowest BCUT2D eigenvalue weighted by atomic mass is 10.1. The number of nitrogens with one attached hydrogen (secondary N) is 1. The van der Waals surface area contributed by atoms with E-state index in [2.05, 4.69) is 10.1 Å². The van der Waals surface area contributed by atoms with E-state index in [0.29, 0.717) is 10.6 Å². The number of benzene rings is 2. The second-order valence-corrected chi connectivity index (χ2v) is 6.11. The number of carbonyl (C=O) groups is 3. The molecule has 0 spiro atoms. The van der Waals surface area contributed by atoms with Crippen molar-refractivity contribution in [1.82, 2.24) is 4.90 Å². The average Bonchev–Trinajstić information content (AvgIpc) is 2.63. The summed E-state index contributed by atoms with van der Waals surface area (Å²) in [6.07, 6.45) is 0. The standard InChI is InChI=1S/C19H18ClFN2O4/c1-12(24)22-14-7-8-17(21)15(9-14)19(26)23(11-18(25)27-2)10-13-5-3-4-6-16(13)20/h3-9H,10-11H2,1-2H3,(H,22,24). The highest BCUT2D eigenvalue weighted by atomic mass is 35.5. The fourth-order valence-electron chi connectivity index (χ4n) is 2.39. The minimum absolute atomic E-state index is 0.0165. The van der Waals surface area contributed by atoms with Gasteiger partial charge in [0.1, 0.15) is 12.4 Å². The Morgan fingerprint density at radius 2 is 1.89 bits per heavy atom. The van der Waals surface area contributed by atoms with Crippen molar-refractivity contribution in [2.24, 2.45) is 0 Å². The number of carbonyl (C=O) groups excluding carboxylic acids is 3. The molecule has 8 heteroatoms. The first-order valence-corrected chi connectivity index (χ1v) is 8.36. The Labute approximate surface area is 160 Å². The zero-order valence-corrected chi connectivity index (χ0v) is 15.5. The molecule has 0 saturated carbocycles. The van der Waals surface area contributed by atoms with Gasteiger partial charge in [-0.1, -0.05) is 29.8 Å². The van der Waals surface area contributed by atoms with Crippen LogP contribution in [0.15, 0.2) is 42.5 Å². The van der Waals surface area contributed by atoms with Crippen LogP contribution in [0, 0.1) is 5.82 Å². The molecule has 0 saturated heterocycles. The van der Waals surface area contributed by atoms with Gasteiger partial charge >= 0.3 is 5.97 Å². The van der Waals surface area contributed by atoms with E-state index in [-0.39, 0.29) is 30.2 Å². The monoisotopic (exact) mass is 392 g/mol. The maximum Gasteiger partial charge on any atom is 0.325 e. The molecule has 0 aromatic heterocycles. The van der Waals surface area contributed by atoms with Crippen LogP contribution < -0.4 is 5.32 Å². The van der Waals surface area contributed by atoms with E-state index in [0.717, 1.165) is 11.0 Å². The Hall–Kier alpha value is -2.93. The summed E-state index contributed by atoms with van der Waals surface area (Å²) in [5.74, 6) is -2.52. The summed E-state index contributed by atoms with van der Waals surface area (Å²) in [6, 6.07) is 10.4. The molecule has 0 radical (unpaired) electrons. The van der Waals surface area contributed by atoms with E-state index < -0.39 is 17.7 Å². The molecular weight excluding hydrogens is 375 g/mol. The number of anilines is 1. The molecule has 0 aliphatic carbocycles. The number of halogens is 2. The Bertz CT molecular complexity index is 873. The normalized spacial score (nSPS) is 10.2. The van der Waals surface area contributed by atoms with Crippen LogP contribution in [0.25, 0.3) is 0 Å². The van der Waals surface area contributed by atoms with Gasteiger partial charge < -0.3 is 15.0 Å². The average molecular weight is 393 g/mol. The van der Waals surface area contributed by atoms with Crippen LogP contribution >= 0.6 is 11.6 Å². The topological polar surface area (TPSA) is 75.7 Å². The number of hydrogen-bond donors (Lipinski definition) is 1. The van der Waals surface area contributed by atoms with Crippen LogP contribution in [-0.4, -0.2) is 36.3 Å². The van der Waals surface area contributed by atoms with Gasteiger partial charge in [0.15, 0.2) is 0 Å². The number of esters is 1. The molecule has 27 heavy (non-hydrogen) atoms. The summed E-state index contributed by atoms with van der Waals surface area (Å²) in [7, 11) is 1.19. The van der Waals surface area contributed by atoms with Crippen molar-refractivity contribution in [3.63, 3.8) is 0 Å². The van der Waals surface area contributed by atoms with Gasteiger partial charge in [-0.05, 0) is 29.8 Å². The predicted molar refractivity (Wildman–Crippen MR) is 98.9 cm³/mol. The Morgan fingerprint density at radius 3 is 2.52 bits per heavy atom. The molecule has 0 fully saturated rings. The number of ether oxygens (including phenoxy) is 1. The van der Waals surface area contributed by atoms with Gasteiger partial charge in [0, 0.05) is 24.2 Å². The Morgan fingerprint density at radius 1 is 1.19 bits per heavy atom. The minimum Gasteiger partial charge on any atom is -0.468 e. The highest BCUT2D eigenvalue weighted by molar-refractivity contribution is 6.31. The first kappa shape index (κ1) is 20.4. The Balaban J connectivity index is 2.37. The Kier molecular flexibility index (Phi) is 6.90. The summed E-state index contributed by atoms with van der Waals surface area (Å²) in [5.41, 5.74) is 0.579. The van der Waals surface area contributed by atoms with E-state index in [1.54, 1.807) is 24.3 Å². The van der Waals surface area contributed by atoms with Gasteiger partial charge in [0.25, 0.3) is 5.91 Å². The third-order valence-electron chi connectivity index (χ3n) is 3.67. The molecule has 1 N–H and O–H groups in total. The minimum atomic E-state index is -0.775. The first-order valence-electron chi connectivity index (χ1n) is 7.98. The molecule has 0 atom stereocenters. The smallest absolute Gasteiger partial charge is 0.325 e. The van der Waals surface area contributed by atoms with Crippen molar-refractivity contribution < 1.29 is 23.5 Å². The lowest BCUT2D eigenvalue weighted by molar-refractivity contribution is -0.141. The predicted octanol–water partition coefficient (Wildman–Crippen LogP) is 3.25. The van der Waals surface area contributed by atoms with Gasteiger partial charge in [-0.15, -0.1) is 0 Å². The van der Waals surface area contributed by atoms with Crippen LogP contribution in [0.4, 0.5) is 10.1 Å². The summed E-state index contributed by atoms with van der Waals surface area (Å²) in [5, 5.41) is 2.90. The van der Waals surface area contributed by atoms with Gasteiger partial charge in [-0.3, -0.25) is 14.4 Å². The van der Waals surface area contributed by atoms with Gasteiger partial charge in [-0.2, -0.15) is 0 Å². The van der Waals surface area contributed by atoms with Crippen molar-refractivity contribution in [3.8, 4) is 0 Å². The highest BCUT2D eigenvalue weighted by Gasteiger charge is 2.23. The quantitative estimate of drug-likeness (QED) is 0.766. The molecule has 2 aromatic rings. The number of methoxy groups -OCH3 is 1. The van der Waals surface area contributed by atoms with E-state index in [1.165, 1.54) is 26.2 Å². The number of hydrogen-bond acceptors (Lipinski definition) is 4. The van der Waals surface area contributed by atoms with Crippen LogP contribution in [0.3, 0.4) is 0 Å². The molecule has 142 valence electrons. The molecule has 0 aliphatic heterocycles. The van der Waals surface area contributed by atoms with Gasteiger partial charge in [0.2, 0.25) is 5.91 Å². The summed E-state index contributed by atoms with van der Waals surface area (Å²) in [4.78, 5) is 37.0. The summed E-state index contributed by atoms with van der Waals surface area (Å²) < 4.78 is 18.9. The third kappa shape index (κ3) is 5.52.